The Kier molecular flexibility index (Phi) is 7.66. The molecule has 0 bridgehead atoms. The summed E-state index contributed by atoms with van der Waals surface area (Å²) >= 11 is 6.23. The first-order chi connectivity index (χ1) is 17.2. The van der Waals surface area contributed by atoms with E-state index in [-0.39, 0.29) is 29.2 Å². The molecule has 3 aromatic rings. The molecule has 0 spiro atoms. The minimum Gasteiger partial charge on any atom is -0.369 e. The Morgan fingerprint density at radius 3 is 2.25 bits per heavy atom. The second kappa shape index (κ2) is 10.7. The van der Waals surface area contributed by atoms with E-state index in [1.165, 1.54) is 4.31 Å². The van der Waals surface area contributed by atoms with Gasteiger partial charge in [-0.3, -0.25) is 13.9 Å². The first-order valence-electron chi connectivity index (χ1n) is 11.7. The van der Waals surface area contributed by atoms with Gasteiger partial charge in [0, 0.05) is 29.6 Å². The highest BCUT2D eigenvalue weighted by atomic mass is 35.5. The molecule has 1 heterocycles. The molecule has 188 valence electrons. The number of hydrogen-bond donors (Lipinski definition) is 1. The topological polar surface area (TPSA) is 101 Å². The fraction of sp³-hybridized carbons (Fsp3) is 0.259. The second-order valence-electron chi connectivity index (χ2n) is 8.92. The average Bonchev–Trinajstić information content (AvgIpc) is 2.89. The summed E-state index contributed by atoms with van der Waals surface area (Å²) in [5, 5.41) is 0.435. The average molecular weight is 526 g/mol. The third-order valence-electron chi connectivity index (χ3n) is 6.48. The lowest BCUT2D eigenvalue weighted by Gasteiger charge is -2.30. The molecule has 1 fully saturated rings. The van der Waals surface area contributed by atoms with Crippen molar-refractivity contribution in [2.75, 3.05) is 17.4 Å². The van der Waals surface area contributed by atoms with Gasteiger partial charge in [-0.2, -0.15) is 0 Å². The van der Waals surface area contributed by atoms with Gasteiger partial charge in [0.1, 0.15) is 0 Å². The van der Waals surface area contributed by atoms with E-state index >= 15 is 0 Å². The molecule has 0 aromatic heterocycles. The van der Waals surface area contributed by atoms with Crippen molar-refractivity contribution < 1.29 is 18.0 Å². The normalized spacial score (nSPS) is 14.4. The Balaban J connectivity index is 1.59. The first kappa shape index (κ1) is 25.7. The zero-order chi connectivity index (χ0) is 25.9. The van der Waals surface area contributed by atoms with E-state index < -0.39 is 10.0 Å². The highest BCUT2D eigenvalue weighted by molar-refractivity contribution is 7.92. The molecule has 7 nitrogen and oxygen atoms in total. The van der Waals surface area contributed by atoms with Crippen molar-refractivity contribution in [3.05, 3.63) is 94.5 Å². The summed E-state index contributed by atoms with van der Waals surface area (Å²) in [7, 11) is -3.89. The Labute approximate surface area is 216 Å². The van der Waals surface area contributed by atoms with E-state index in [1.807, 2.05) is 6.92 Å². The number of piperidine rings is 1. The Morgan fingerprint density at radius 1 is 1.00 bits per heavy atom. The number of nitrogens with zero attached hydrogens (tertiary/aromatic N) is 2. The van der Waals surface area contributed by atoms with Crippen LogP contribution in [0.15, 0.2) is 77.7 Å². The molecule has 4 rings (SSSR count). The van der Waals surface area contributed by atoms with Crippen LogP contribution in [0.1, 0.15) is 34.3 Å². The molecule has 0 radical (unpaired) electrons. The largest absolute Gasteiger partial charge is 0.369 e. The van der Waals surface area contributed by atoms with E-state index in [0.717, 1.165) is 11.1 Å². The first-order valence-corrected chi connectivity index (χ1v) is 13.5. The van der Waals surface area contributed by atoms with Gasteiger partial charge >= 0.3 is 0 Å². The van der Waals surface area contributed by atoms with Gasteiger partial charge in [-0.05, 0) is 67.3 Å². The van der Waals surface area contributed by atoms with Crippen LogP contribution in [0.5, 0.6) is 0 Å². The number of anilines is 1. The van der Waals surface area contributed by atoms with E-state index in [2.05, 4.69) is 0 Å². The number of aryl methyl sites for hydroxylation is 1. The summed E-state index contributed by atoms with van der Waals surface area (Å²) in [6.07, 6.45) is 1.12. The van der Waals surface area contributed by atoms with Crippen molar-refractivity contribution >= 4 is 39.1 Å². The van der Waals surface area contributed by atoms with Gasteiger partial charge in [0.05, 0.1) is 17.1 Å². The number of carbonyl (C=O) groups is 2. The summed E-state index contributed by atoms with van der Waals surface area (Å²) in [6.45, 7) is 2.86. The smallest absolute Gasteiger partial charge is 0.264 e. The minimum absolute atomic E-state index is 0.0664. The predicted octanol–water partition coefficient (Wildman–Crippen LogP) is 4.38. The van der Waals surface area contributed by atoms with Crippen molar-refractivity contribution in [1.29, 1.82) is 0 Å². The van der Waals surface area contributed by atoms with Crippen LogP contribution in [0.4, 0.5) is 5.69 Å². The van der Waals surface area contributed by atoms with Gasteiger partial charge in [0.15, 0.2) is 0 Å². The van der Waals surface area contributed by atoms with Crippen molar-refractivity contribution in [2.24, 2.45) is 11.7 Å². The number of halogens is 1. The SMILES string of the molecule is Cc1ccc(Cl)cc1N(Cc1ccc(C(=O)N2CCC(C(N)=O)CC2)cc1)S(=O)(=O)c1ccccc1. The van der Waals surface area contributed by atoms with E-state index in [4.69, 9.17) is 17.3 Å². The van der Waals surface area contributed by atoms with Crippen LogP contribution in [0.25, 0.3) is 0 Å². The molecule has 0 atom stereocenters. The summed E-state index contributed by atoms with van der Waals surface area (Å²) in [6, 6.07) is 20.3. The molecule has 3 aromatic carbocycles. The molecule has 0 unspecified atom stereocenters. The van der Waals surface area contributed by atoms with Crippen LogP contribution < -0.4 is 10.0 Å². The fourth-order valence-electron chi connectivity index (χ4n) is 4.34. The third-order valence-corrected chi connectivity index (χ3v) is 8.49. The molecule has 0 saturated carbocycles. The number of primary amides is 1. The van der Waals surface area contributed by atoms with Crippen molar-refractivity contribution in [3.8, 4) is 0 Å². The number of carbonyl (C=O) groups excluding carboxylic acids is 2. The molecule has 1 aliphatic rings. The van der Waals surface area contributed by atoms with Crippen LogP contribution in [-0.4, -0.2) is 38.2 Å². The monoisotopic (exact) mass is 525 g/mol. The van der Waals surface area contributed by atoms with Gasteiger partial charge in [-0.1, -0.05) is 48.0 Å². The zero-order valence-corrected chi connectivity index (χ0v) is 21.5. The van der Waals surface area contributed by atoms with E-state index in [0.29, 0.717) is 42.2 Å². The molecule has 2 N–H and O–H groups in total. The molecular weight excluding hydrogens is 498 g/mol. The Morgan fingerprint density at radius 2 is 1.64 bits per heavy atom. The van der Waals surface area contributed by atoms with Gasteiger partial charge in [-0.15, -0.1) is 0 Å². The summed E-state index contributed by atoms with van der Waals surface area (Å²) < 4.78 is 28.6. The van der Waals surface area contributed by atoms with Gasteiger partial charge in [-0.25, -0.2) is 8.42 Å². The van der Waals surface area contributed by atoms with Crippen LogP contribution in [-0.2, 0) is 21.4 Å². The molecule has 36 heavy (non-hydrogen) atoms. The number of sulfonamides is 1. The van der Waals surface area contributed by atoms with Gasteiger partial charge in [0.25, 0.3) is 15.9 Å². The zero-order valence-electron chi connectivity index (χ0n) is 19.9. The number of nitrogens with two attached hydrogens (primary N) is 1. The number of likely N-dealkylation sites (tertiary alicyclic amines) is 1. The maximum atomic E-state index is 13.6. The molecular formula is C27H28ClN3O4S. The lowest BCUT2D eigenvalue weighted by atomic mass is 9.96. The predicted molar refractivity (Wildman–Crippen MR) is 140 cm³/mol. The lowest BCUT2D eigenvalue weighted by molar-refractivity contribution is -0.123. The highest BCUT2D eigenvalue weighted by Gasteiger charge is 2.28. The van der Waals surface area contributed by atoms with Crippen molar-refractivity contribution in [3.63, 3.8) is 0 Å². The van der Waals surface area contributed by atoms with Gasteiger partial charge < -0.3 is 10.6 Å². The summed E-state index contributed by atoms with van der Waals surface area (Å²) in [5.74, 6) is -0.635. The molecule has 9 heteroatoms. The maximum absolute atomic E-state index is 13.6. The fourth-order valence-corrected chi connectivity index (χ4v) is 6.04. The quantitative estimate of drug-likeness (QED) is 0.494. The Bertz CT molecular complexity index is 1350. The summed E-state index contributed by atoms with van der Waals surface area (Å²) in [4.78, 5) is 26.2. The van der Waals surface area contributed by atoms with Crippen LogP contribution >= 0.6 is 11.6 Å². The van der Waals surface area contributed by atoms with Crippen molar-refractivity contribution in [1.82, 2.24) is 4.90 Å². The number of rotatable bonds is 7. The Hall–Kier alpha value is -3.36. The molecule has 1 saturated heterocycles. The second-order valence-corrected chi connectivity index (χ2v) is 11.2. The van der Waals surface area contributed by atoms with Crippen LogP contribution in [0.2, 0.25) is 5.02 Å². The number of benzene rings is 3. The third kappa shape index (κ3) is 5.55. The number of amides is 2. The molecule has 2 amide bonds. The molecule has 1 aliphatic heterocycles. The highest BCUT2D eigenvalue weighted by Crippen LogP contribution is 2.31. The minimum atomic E-state index is -3.89. The summed E-state index contributed by atoms with van der Waals surface area (Å²) in [5.41, 5.74) is 7.87. The maximum Gasteiger partial charge on any atom is 0.264 e. The van der Waals surface area contributed by atoms with Crippen LogP contribution in [0, 0.1) is 12.8 Å². The van der Waals surface area contributed by atoms with E-state index in [1.54, 1.807) is 77.7 Å². The molecule has 0 aliphatic carbocycles. The van der Waals surface area contributed by atoms with Gasteiger partial charge in [0.2, 0.25) is 5.91 Å². The van der Waals surface area contributed by atoms with Crippen LogP contribution in [0.3, 0.4) is 0 Å². The standard InChI is InChI=1S/C27H28ClN3O4S/c1-19-7-12-23(28)17-25(19)31(36(34,35)24-5-3-2-4-6-24)18-20-8-10-22(11-9-20)27(33)30-15-13-21(14-16-30)26(29)32/h2-12,17,21H,13-16,18H2,1H3,(H2,29,32). The van der Waals surface area contributed by atoms with Crippen molar-refractivity contribution in [2.45, 2.75) is 31.2 Å². The lowest BCUT2D eigenvalue weighted by Crippen LogP contribution is -2.41. The van der Waals surface area contributed by atoms with E-state index in [9.17, 15) is 18.0 Å². The number of hydrogen-bond acceptors (Lipinski definition) is 4.